The van der Waals surface area contributed by atoms with E-state index in [0.29, 0.717) is 24.9 Å². The highest BCUT2D eigenvalue weighted by molar-refractivity contribution is 5.76. The zero-order valence-electron chi connectivity index (χ0n) is 38.8. The Hall–Kier alpha value is -3.75. The van der Waals surface area contributed by atoms with Crippen molar-refractivity contribution < 1.29 is 47.7 Å². The molecule has 14 heteroatoms. The highest BCUT2D eigenvalue weighted by Gasteiger charge is 2.40. The number of hydrogen-bond donors (Lipinski definition) is 1. The molecule has 0 amide bonds. The maximum absolute atomic E-state index is 13.9. The Labute approximate surface area is 354 Å². The molecule has 2 rings (SSSR count). The van der Waals surface area contributed by atoms with Crippen LogP contribution in [0.1, 0.15) is 135 Å². The lowest BCUT2D eigenvalue weighted by atomic mass is 9.87. The molecule has 0 heterocycles. The number of nitrogen functional groups attached to an aromatic ring is 1. The molecule has 1 aromatic carbocycles. The summed E-state index contributed by atoms with van der Waals surface area (Å²) in [6.45, 7) is 26.0. The van der Waals surface area contributed by atoms with Crippen LogP contribution in [0, 0.1) is 0 Å². The molecule has 1 aliphatic carbocycles. The van der Waals surface area contributed by atoms with Crippen LogP contribution in [0.15, 0.2) is 24.3 Å². The van der Waals surface area contributed by atoms with E-state index in [-0.39, 0.29) is 45.3 Å². The van der Waals surface area contributed by atoms with E-state index in [9.17, 15) is 24.0 Å². The fraction of sp³-hybridized carbons (Fsp3) is 0.756. The highest BCUT2D eigenvalue weighted by Crippen LogP contribution is 2.30. The van der Waals surface area contributed by atoms with Gasteiger partial charge in [-0.15, -0.1) is 0 Å². The van der Waals surface area contributed by atoms with Gasteiger partial charge in [-0.2, -0.15) is 0 Å². The molecule has 0 aromatic heterocycles. The lowest BCUT2D eigenvalue weighted by Gasteiger charge is -2.46. The van der Waals surface area contributed by atoms with Crippen molar-refractivity contribution in [3.63, 3.8) is 0 Å². The predicted octanol–water partition coefficient (Wildman–Crippen LogP) is 6.11. The molecule has 59 heavy (non-hydrogen) atoms. The van der Waals surface area contributed by atoms with Crippen LogP contribution in [0.4, 0.5) is 5.69 Å². The third-order valence-electron chi connectivity index (χ3n) is 8.81. The van der Waals surface area contributed by atoms with Crippen molar-refractivity contribution in [3.8, 4) is 0 Å². The lowest BCUT2D eigenvalue weighted by Crippen LogP contribution is -2.60. The van der Waals surface area contributed by atoms with E-state index in [1.807, 2.05) is 21.9 Å². The standard InChI is InChI=1S/C45H76N4O10/c1-41(2,3)55-36(50)26-47(27-37(51)56-42(4,5)6)33(24-31-20-22-32(46)23-21-31)25-48(28-38(52)57-43(7,8)9)34-18-16-17-19-35(34)49(29-39(53)58-44(10,11)12)30-40(54)59-45(13,14)15/h20-23,33-35H,16-19,24-30,46H2,1-15H3/t33-,34+,35+/m1/s1. The van der Waals surface area contributed by atoms with Gasteiger partial charge in [0, 0.05) is 30.4 Å². The molecule has 14 nitrogen and oxygen atoms in total. The van der Waals surface area contributed by atoms with Crippen LogP contribution in [-0.2, 0) is 54.1 Å². The minimum absolute atomic E-state index is 0.143. The van der Waals surface area contributed by atoms with Crippen molar-refractivity contribution in [2.24, 2.45) is 0 Å². The molecular formula is C45H76N4O10. The van der Waals surface area contributed by atoms with E-state index in [1.54, 1.807) is 121 Å². The van der Waals surface area contributed by atoms with Crippen LogP contribution in [0.25, 0.3) is 0 Å². The fourth-order valence-corrected chi connectivity index (χ4v) is 7.07. The Bertz CT molecular complexity index is 1480. The number of nitrogens with zero attached hydrogens (tertiary/aromatic N) is 3. The first-order valence-corrected chi connectivity index (χ1v) is 20.9. The monoisotopic (exact) mass is 833 g/mol. The summed E-state index contributed by atoms with van der Waals surface area (Å²) in [6, 6.07) is 6.04. The number of hydrogen-bond acceptors (Lipinski definition) is 14. The number of nitrogens with two attached hydrogens (primary N) is 1. The first-order valence-electron chi connectivity index (χ1n) is 20.9. The molecule has 3 atom stereocenters. The topological polar surface area (TPSA) is 167 Å². The van der Waals surface area contributed by atoms with Gasteiger partial charge in [-0.3, -0.25) is 38.7 Å². The van der Waals surface area contributed by atoms with E-state index >= 15 is 0 Å². The Kier molecular flexibility index (Phi) is 18.4. The summed E-state index contributed by atoms with van der Waals surface area (Å²) in [7, 11) is 0. The highest BCUT2D eigenvalue weighted by atomic mass is 16.6. The molecule has 0 bridgehead atoms. The van der Waals surface area contributed by atoms with Gasteiger partial charge in [0.05, 0.1) is 32.7 Å². The quantitative estimate of drug-likeness (QED) is 0.109. The van der Waals surface area contributed by atoms with E-state index in [2.05, 4.69) is 0 Å². The molecule has 0 radical (unpaired) electrons. The minimum atomic E-state index is -0.787. The number of esters is 5. The number of benzene rings is 1. The number of ether oxygens (including phenoxy) is 5. The van der Waals surface area contributed by atoms with Crippen LogP contribution >= 0.6 is 0 Å². The van der Waals surface area contributed by atoms with Gasteiger partial charge in [0.15, 0.2) is 0 Å². The van der Waals surface area contributed by atoms with E-state index in [4.69, 9.17) is 29.4 Å². The third-order valence-corrected chi connectivity index (χ3v) is 8.81. The summed E-state index contributed by atoms with van der Waals surface area (Å²) < 4.78 is 28.9. The van der Waals surface area contributed by atoms with Crippen LogP contribution in [0.3, 0.4) is 0 Å². The number of carbonyl (C=O) groups is 5. The van der Waals surface area contributed by atoms with Crippen LogP contribution in [0.5, 0.6) is 0 Å². The maximum Gasteiger partial charge on any atom is 0.320 e. The Balaban J connectivity index is 2.80. The average molecular weight is 833 g/mol. The Morgan fingerprint density at radius 2 is 0.831 bits per heavy atom. The summed E-state index contributed by atoms with van der Waals surface area (Å²) in [6.07, 6.45) is 3.23. The molecule has 2 N–H and O–H groups in total. The molecule has 336 valence electrons. The van der Waals surface area contributed by atoms with Gasteiger partial charge < -0.3 is 29.4 Å². The van der Waals surface area contributed by atoms with E-state index in [1.165, 1.54) is 0 Å². The second-order valence-electron chi connectivity index (χ2n) is 20.7. The third kappa shape index (κ3) is 21.9. The van der Waals surface area contributed by atoms with Gasteiger partial charge in [-0.1, -0.05) is 25.0 Å². The average Bonchev–Trinajstić information content (AvgIpc) is 3.00. The zero-order valence-corrected chi connectivity index (χ0v) is 38.8. The number of anilines is 1. The van der Waals surface area contributed by atoms with Crippen molar-refractivity contribution in [3.05, 3.63) is 29.8 Å². The largest absolute Gasteiger partial charge is 0.459 e. The Morgan fingerprint density at radius 1 is 0.525 bits per heavy atom. The molecule has 0 saturated heterocycles. The molecule has 0 unspecified atom stereocenters. The van der Waals surface area contributed by atoms with Crippen molar-refractivity contribution in [2.75, 3.05) is 45.0 Å². The Morgan fingerprint density at radius 3 is 1.17 bits per heavy atom. The van der Waals surface area contributed by atoms with E-state index in [0.717, 1.165) is 18.4 Å². The molecular weight excluding hydrogens is 757 g/mol. The smallest absolute Gasteiger partial charge is 0.320 e. The normalized spacial score (nSPS) is 17.4. The van der Waals surface area contributed by atoms with Crippen LogP contribution in [0.2, 0.25) is 0 Å². The molecule has 0 aliphatic heterocycles. The van der Waals surface area contributed by atoms with Gasteiger partial charge in [-0.25, -0.2) is 0 Å². The molecule has 0 spiro atoms. The summed E-state index contributed by atoms with van der Waals surface area (Å²) >= 11 is 0. The second kappa shape index (κ2) is 21.2. The zero-order chi connectivity index (χ0) is 45.1. The number of carbonyl (C=O) groups excluding carboxylic acids is 5. The number of rotatable bonds is 17. The minimum Gasteiger partial charge on any atom is -0.459 e. The fourth-order valence-electron chi connectivity index (χ4n) is 7.07. The van der Waals surface area contributed by atoms with Gasteiger partial charge in [0.1, 0.15) is 28.0 Å². The van der Waals surface area contributed by atoms with Gasteiger partial charge >= 0.3 is 29.8 Å². The summed E-state index contributed by atoms with van der Waals surface area (Å²) in [5, 5.41) is 0. The summed E-state index contributed by atoms with van der Waals surface area (Å²) in [5.41, 5.74) is 3.66. The molecule has 1 fully saturated rings. The first-order chi connectivity index (χ1) is 26.8. The van der Waals surface area contributed by atoms with Crippen molar-refractivity contribution in [1.82, 2.24) is 14.7 Å². The molecule has 1 aliphatic rings. The molecule has 1 aromatic rings. The van der Waals surface area contributed by atoms with Crippen molar-refractivity contribution in [1.29, 1.82) is 0 Å². The van der Waals surface area contributed by atoms with Crippen LogP contribution in [-0.4, -0.2) is 130 Å². The van der Waals surface area contributed by atoms with Crippen molar-refractivity contribution >= 4 is 35.5 Å². The predicted molar refractivity (Wildman–Crippen MR) is 228 cm³/mol. The molecule has 1 saturated carbocycles. The summed E-state index contributed by atoms with van der Waals surface area (Å²) in [5.74, 6) is -2.51. The van der Waals surface area contributed by atoms with Gasteiger partial charge in [-0.05, 0) is 141 Å². The van der Waals surface area contributed by atoms with Crippen LogP contribution < -0.4 is 5.73 Å². The SMILES string of the molecule is CC(C)(C)OC(=O)CN(CC(=O)OC(C)(C)C)[C@H](Cc1ccc(N)cc1)CN(CC(=O)OC(C)(C)C)[C@H]1CCCC[C@@H]1N(CC(=O)OC(C)(C)C)CC(=O)OC(C)(C)C. The van der Waals surface area contributed by atoms with Crippen molar-refractivity contribution in [2.45, 2.75) is 182 Å². The lowest BCUT2D eigenvalue weighted by molar-refractivity contribution is -0.164. The van der Waals surface area contributed by atoms with Gasteiger partial charge in [0.25, 0.3) is 0 Å². The first kappa shape index (κ1) is 51.4. The summed E-state index contributed by atoms with van der Waals surface area (Å²) in [4.78, 5) is 73.6. The van der Waals surface area contributed by atoms with Gasteiger partial charge in [0.2, 0.25) is 0 Å². The maximum atomic E-state index is 13.9. The van der Waals surface area contributed by atoms with E-state index < -0.39 is 69.9 Å². The second-order valence-corrected chi connectivity index (χ2v) is 20.7.